The van der Waals surface area contributed by atoms with Gasteiger partial charge >= 0.3 is 5.97 Å². The van der Waals surface area contributed by atoms with E-state index in [2.05, 4.69) is 10.6 Å². The van der Waals surface area contributed by atoms with Crippen molar-refractivity contribution in [3.05, 3.63) is 29.3 Å². The number of nitrogens with zero attached hydrogens (tertiary/aromatic N) is 1. The number of carboxylic acid groups (broad SMARTS) is 1. The van der Waals surface area contributed by atoms with E-state index in [4.69, 9.17) is 5.11 Å². The van der Waals surface area contributed by atoms with Crippen molar-refractivity contribution in [2.45, 2.75) is 51.1 Å². The fourth-order valence-electron chi connectivity index (χ4n) is 5.10. The fourth-order valence-corrected chi connectivity index (χ4v) is 5.10. The van der Waals surface area contributed by atoms with Crippen molar-refractivity contribution in [1.29, 1.82) is 0 Å². The molecule has 0 radical (unpaired) electrons. The Labute approximate surface area is 168 Å². The summed E-state index contributed by atoms with van der Waals surface area (Å²) in [5.41, 5.74) is 0.853. The summed E-state index contributed by atoms with van der Waals surface area (Å²) < 4.78 is 0. The number of carboxylic acids is 1. The number of hydrogen-bond acceptors (Lipinski definition) is 5. The van der Waals surface area contributed by atoms with E-state index in [0.29, 0.717) is 24.2 Å². The van der Waals surface area contributed by atoms with Crippen LogP contribution < -0.4 is 10.6 Å². The average Bonchev–Trinajstić information content (AvgIpc) is 3.25. The first-order chi connectivity index (χ1) is 13.8. The van der Waals surface area contributed by atoms with E-state index in [1.54, 1.807) is 6.07 Å². The molecule has 0 bridgehead atoms. The van der Waals surface area contributed by atoms with Gasteiger partial charge in [0, 0.05) is 30.3 Å². The van der Waals surface area contributed by atoms with Gasteiger partial charge in [0.05, 0.1) is 11.8 Å². The lowest BCUT2D eigenvalue weighted by Crippen LogP contribution is -2.53. The summed E-state index contributed by atoms with van der Waals surface area (Å²) in [6, 6.07) is 4.95. The lowest BCUT2D eigenvalue weighted by Gasteiger charge is -2.29. The van der Waals surface area contributed by atoms with E-state index in [1.807, 2.05) is 26.0 Å². The van der Waals surface area contributed by atoms with Gasteiger partial charge in [-0.3, -0.25) is 29.4 Å². The molecule has 4 unspecified atom stereocenters. The summed E-state index contributed by atoms with van der Waals surface area (Å²) in [5.74, 6) is -3.58. The molecule has 3 amide bonds. The molecule has 29 heavy (non-hydrogen) atoms. The van der Waals surface area contributed by atoms with Gasteiger partial charge in [-0.05, 0) is 25.3 Å². The van der Waals surface area contributed by atoms with Crippen LogP contribution in [0.15, 0.2) is 18.2 Å². The molecule has 0 aromatic heterocycles. The number of anilines is 1. The predicted molar refractivity (Wildman–Crippen MR) is 104 cm³/mol. The second-order valence-electron chi connectivity index (χ2n) is 8.13. The van der Waals surface area contributed by atoms with Gasteiger partial charge in [-0.15, -0.1) is 0 Å². The van der Waals surface area contributed by atoms with Crippen molar-refractivity contribution < 1.29 is 24.3 Å². The number of amides is 3. The molecule has 2 fully saturated rings. The summed E-state index contributed by atoms with van der Waals surface area (Å²) in [4.78, 5) is 52.2. The lowest BCUT2D eigenvalue weighted by atomic mass is 9.76. The van der Waals surface area contributed by atoms with Crippen LogP contribution >= 0.6 is 0 Å². The predicted octanol–water partition coefficient (Wildman–Crippen LogP) is 1.38. The van der Waals surface area contributed by atoms with Gasteiger partial charge in [0.15, 0.2) is 0 Å². The molecule has 8 heteroatoms. The number of carbonyl (C=O) groups is 4. The van der Waals surface area contributed by atoms with Crippen LogP contribution in [0.5, 0.6) is 0 Å². The number of hydrogen-bond donors (Lipinski definition) is 3. The normalized spacial score (nSPS) is 30.1. The van der Waals surface area contributed by atoms with Crippen LogP contribution in [0.1, 0.15) is 43.7 Å². The first-order valence-corrected chi connectivity index (χ1v) is 10.1. The Morgan fingerprint density at radius 3 is 2.69 bits per heavy atom. The molecule has 0 saturated carbocycles. The maximum Gasteiger partial charge on any atom is 0.303 e. The summed E-state index contributed by atoms with van der Waals surface area (Å²) in [5, 5.41) is 15.3. The van der Waals surface area contributed by atoms with E-state index in [1.165, 1.54) is 4.90 Å². The van der Waals surface area contributed by atoms with Crippen LogP contribution in [-0.4, -0.2) is 46.3 Å². The van der Waals surface area contributed by atoms with E-state index in [9.17, 15) is 19.2 Å². The molecular weight excluding hydrogens is 374 g/mol. The summed E-state index contributed by atoms with van der Waals surface area (Å²) in [6.45, 7) is 4.18. The maximum atomic E-state index is 13.4. The van der Waals surface area contributed by atoms with Crippen LogP contribution in [0, 0.1) is 18.8 Å². The Hall–Kier alpha value is -2.74. The van der Waals surface area contributed by atoms with Gasteiger partial charge < -0.3 is 10.4 Å². The first kappa shape index (κ1) is 19.6. The number of rotatable bonds is 6. The highest BCUT2D eigenvalue weighted by atomic mass is 16.4. The van der Waals surface area contributed by atoms with E-state index in [0.717, 1.165) is 12.0 Å². The Bertz CT molecular complexity index is 914. The fraction of sp³-hybridized carbons (Fsp3) is 0.524. The zero-order valence-corrected chi connectivity index (χ0v) is 16.5. The second kappa shape index (κ2) is 6.95. The minimum atomic E-state index is -1.34. The molecule has 3 aliphatic rings. The topological polar surface area (TPSA) is 116 Å². The van der Waals surface area contributed by atoms with Crippen molar-refractivity contribution in [3.63, 3.8) is 0 Å². The molecule has 154 valence electrons. The Morgan fingerprint density at radius 1 is 1.24 bits per heavy atom. The number of nitrogens with one attached hydrogen (secondary N) is 2. The lowest BCUT2D eigenvalue weighted by molar-refractivity contribution is -0.143. The Morgan fingerprint density at radius 2 is 2.00 bits per heavy atom. The van der Waals surface area contributed by atoms with Crippen LogP contribution in [0.4, 0.5) is 5.69 Å². The highest BCUT2D eigenvalue weighted by Crippen LogP contribution is 2.54. The molecule has 1 aromatic rings. The largest absolute Gasteiger partial charge is 0.481 e. The molecule has 1 aromatic carbocycles. The average molecular weight is 399 g/mol. The van der Waals surface area contributed by atoms with Crippen LogP contribution in [0.3, 0.4) is 0 Å². The quantitative estimate of drug-likeness (QED) is 0.623. The number of aryl methyl sites for hydroxylation is 1. The van der Waals surface area contributed by atoms with Gasteiger partial charge in [0.25, 0.3) is 0 Å². The third-order valence-corrected chi connectivity index (χ3v) is 6.45. The number of aliphatic carboxylic acids is 1. The van der Waals surface area contributed by atoms with E-state index < -0.39 is 29.4 Å². The highest BCUT2D eigenvalue weighted by molar-refractivity contribution is 6.15. The molecular formula is C21H25N3O5. The molecule has 1 spiro atoms. The number of fused-ring (bicyclic) bond motifs is 4. The number of likely N-dealkylation sites (tertiary alicyclic amines) is 1. The van der Waals surface area contributed by atoms with Gasteiger partial charge in [0.1, 0.15) is 5.54 Å². The van der Waals surface area contributed by atoms with Crippen molar-refractivity contribution >= 4 is 29.4 Å². The number of unbranched alkanes of at least 4 members (excludes halogenated alkanes) is 1. The van der Waals surface area contributed by atoms with Crippen LogP contribution in [0.25, 0.3) is 0 Å². The zero-order chi connectivity index (χ0) is 20.9. The Kier molecular flexibility index (Phi) is 4.69. The molecule has 4 rings (SSSR count). The van der Waals surface area contributed by atoms with Gasteiger partial charge in [-0.1, -0.05) is 31.5 Å². The van der Waals surface area contributed by atoms with Crippen molar-refractivity contribution in [2.75, 3.05) is 11.9 Å². The van der Waals surface area contributed by atoms with Crippen molar-refractivity contribution in [3.8, 4) is 0 Å². The number of carbonyl (C=O) groups excluding carboxylic acids is 3. The van der Waals surface area contributed by atoms with E-state index in [-0.39, 0.29) is 30.6 Å². The van der Waals surface area contributed by atoms with Gasteiger partial charge in [-0.25, -0.2) is 0 Å². The standard InChI is InChI=1S/C21H25N3O5/c1-3-4-10-24-18(27)15-13(8-9-14(25)26)23-21(16(15)19(24)28)12-7-5-6-11(2)17(12)22-20(21)29/h5-7,13,15-16,23H,3-4,8-10H2,1-2H3,(H,22,29)(H,25,26). The van der Waals surface area contributed by atoms with Crippen molar-refractivity contribution in [2.24, 2.45) is 11.8 Å². The van der Waals surface area contributed by atoms with Crippen LogP contribution in [-0.2, 0) is 24.7 Å². The van der Waals surface area contributed by atoms with Crippen molar-refractivity contribution in [1.82, 2.24) is 10.2 Å². The summed E-state index contributed by atoms with van der Waals surface area (Å²) >= 11 is 0. The maximum absolute atomic E-state index is 13.4. The smallest absolute Gasteiger partial charge is 0.303 e. The SMILES string of the molecule is CCCCN1C(=O)C2C(CCC(=O)O)NC3(C(=O)Nc4c(C)cccc43)C2C1=O. The van der Waals surface area contributed by atoms with Crippen LogP contribution in [0.2, 0.25) is 0 Å². The highest BCUT2D eigenvalue weighted by Gasteiger charge is 2.70. The van der Waals surface area contributed by atoms with Gasteiger partial charge in [0.2, 0.25) is 17.7 Å². The molecule has 2 saturated heterocycles. The van der Waals surface area contributed by atoms with Gasteiger partial charge in [-0.2, -0.15) is 0 Å². The first-order valence-electron chi connectivity index (χ1n) is 10.1. The number of para-hydroxylation sites is 1. The molecule has 8 nitrogen and oxygen atoms in total. The molecule has 3 heterocycles. The monoisotopic (exact) mass is 399 g/mol. The summed E-state index contributed by atoms with van der Waals surface area (Å²) in [7, 11) is 0. The minimum absolute atomic E-state index is 0.143. The molecule has 3 aliphatic heterocycles. The molecule has 3 N–H and O–H groups in total. The third kappa shape index (κ3) is 2.69. The minimum Gasteiger partial charge on any atom is -0.481 e. The number of imide groups is 1. The number of benzene rings is 1. The summed E-state index contributed by atoms with van der Waals surface area (Å²) in [6.07, 6.45) is 1.56. The molecule has 4 atom stereocenters. The molecule has 0 aliphatic carbocycles. The second-order valence-corrected chi connectivity index (χ2v) is 8.13. The van der Waals surface area contributed by atoms with E-state index >= 15 is 0 Å². The Balaban J connectivity index is 1.81. The zero-order valence-electron chi connectivity index (χ0n) is 16.5. The third-order valence-electron chi connectivity index (χ3n) is 6.45.